The van der Waals surface area contributed by atoms with Gasteiger partial charge in [0.2, 0.25) is 0 Å². The molecule has 1 amide bonds. The summed E-state index contributed by atoms with van der Waals surface area (Å²) >= 11 is 0. The van der Waals surface area contributed by atoms with E-state index in [9.17, 15) is 4.79 Å². The van der Waals surface area contributed by atoms with Crippen molar-refractivity contribution in [1.82, 2.24) is 4.90 Å². The van der Waals surface area contributed by atoms with Gasteiger partial charge in [0.15, 0.2) is 0 Å². The van der Waals surface area contributed by atoms with E-state index in [0.29, 0.717) is 12.0 Å². The van der Waals surface area contributed by atoms with Gasteiger partial charge < -0.3 is 4.90 Å². The van der Waals surface area contributed by atoms with E-state index < -0.39 is 0 Å². The van der Waals surface area contributed by atoms with Gasteiger partial charge in [0, 0.05) is 12.6 Å². The summed E-state index contributed by atoms with van der Waals surface area (Å²) < 4.78 is 0. The first-order valence-electron chi connectivity index (χ1n) is 3.92. The summed E-state index contributed by atoms with van der Waals surface area (Å²) in [6.07, 6.45) is 6.10. The summed E-state index contributed by atoms with van der Waals surface area (Å²) in [5.74, 6) is 2.58. The molecule has 0 saturated carbocycles. The number of carbonyl (C=O) groups is 1. The Labute approximate surface area is 67.6 Å². The third-order valence-corrected chi connectivity index (χ3v) is 2.17. The fraction of sp³-hybridized carbons (Fsp3) is 0.667. The van der Waals surface area contributed by atoms with E-state index >= 15 is 0 Å². The van der Waals surface area contributed by atoms with Crippen molar-refractivity contribution in [2.75, 3.05) is 6.54 Å². The molecule has 0 N–H and O–H groups in total. The Kier molecular flexibility index (Phi) is 2.19. The fourth-order valence-corrected chi connectivity index (χ4v) is 1.67. The molecular formula is C9H13NO. The molecule has 2 nitrogen and oxygen atoms in total. The van der Waals surface area contributed by atoms with Gasteiger partial charge in [-0.2, -0.15) is 0 Å². The van der Waals surface area contributed by atoms with Crippen LogP contribution >= 0.6 is 0 Å². The van der Waals surface area contributed by atoms with E-state index in [1.807, 2.05) is 6.92 Å². The van der Waals surface area contributed by atoms with Gasteiger partial charge in [-0.05, 0) is 25.2 Å². The smallest absolute Gasteiger partial charge is 0.298 e. The van der Waals surface area contributed by atoms with Crippen molar-refractivity contribution in [2.45, 2.75) is 26.3 Å². The molecule has 2 unspecified atom stereocenters. The van der Waals surface area contributed by atoms with Crippen LogP contribution in [0.15, 0.2) is 0 Å². The van der Waals surface area contributed by atoms with Gasteiger partial charge in [-0.1, -0.05) is 6.92 Å². The number of hydrogen-bond donors (Lipinski definition) is 0. The van der Waals surface area contributed by atoms with Crippen LogP contribution in [0.3, 0.4) is 0 Å². The van der Waals surface area contributed by atoms with Crippen molar-refractivity contribution in [3.63, 3.8) is 0 Å². The van der Waals surface area contributed by atoms with Crippen LogP contribution in [-0.4, -0.2) is 23.4 Å². The Hall–Kier alpha value is -0.970. The Morgan fingerprint density at radius 2 is 2.27 bits per heavy atom. The van der Waals surface area contributed by atoms with Crippen molar-refractivity contribution in [3.8, 4) is 12.3 Å². The Morgan fingerprint density at radius 3 is 2.64 bits per heavy atom. The number of rotatable bonds is 0. The molecule has 0 aromatic heterocycles. The molecule has 0 aliphatic carbocycles. The molecule has 1 aliphatic heterocycles. The lowest BCUT2D eigenvalue weighted by Crippen LogP contribution is -2.32. The van der Waals surface area contributed by atoms with Crippen molar-refractivity contribution in [1.29, 1.82) is 0 Å². The molecule has 1 heterocycles. The molecule has 0 aromatic carbocycles. The van der Waals surface area contributed by atoms with Gasteiger partial charge in [0.05, 0.1) is 0 Å². The Balaban J connectivity index is 2.61. The Morgan fingerprint density at radius 1 is 1.64 bits per heavy atom. The highest BCUT2D eigenvalue weighted by molar-refractivity contribution is 5.93. The molecule has 2 atom stereocenters. The zero-order valence-electron chi connectivity index (χ0n) is 7.00. The number of nitrogens with zero attached hydrogens (tertiary/aromatic N) is 1. The molecule has 1 fully saturated rings. The molecule has 0 spiro atoms. The summed E-state index contributed by atoms with van der Waals surface area (Å²) in [7, 11) is 0. The number of likely N-dealkylation sites (tertiary alicyclic amines) is 1. The summed E-state index contributed by atoms with van der Waals surface area (Å²) in [5.41, 5.74) is 0. The molecular weight excluding hydrogens is 138 g/mol. The van der Waals surface area contributed by atoms with Crippen LogP contribution in [0.25, 0.3) is 0 Å². The first-order valence-corrected chi connectivity index (χ1v) is 3.92. The maximum atomic E-state index is 11.1. The summed E-state index contributed by atoms with van der Waals surface area (Å²) in [5, 5.41) is 0. The van der Waals surface area contributed by atoms with E-state index in [0.717, 1.165) is 13.0 Å². The quantitative estimate of drug-likeness (QED) is 0.470. The lowest BCUT2D eigenvalue weighted by Gasteiger charge is -2.17. The largest absolute Gasteiger partial charge is 0.329 e. The van der Waals surface area contributed by atoms with Crippen LogP contribution in [-0.2, 0) is 4.79 Å². The van der Waals surface area contributed by atoms with E-state index in [2.05, 4.69) is 12.8 Å². The van der Waals surface area contributed by atoms with Gasteiger partial charge in [0.25, 0.3) is 5.91 Å². The zero-order valence-corrected chi connectivity index (χ0v) is 7.00. The molecule has 1 rings (SSSR count). The van der Waals surface area contributed by atoms with Gasteiger partial charge >= 0.3 is 0 Å². The first kappa shape index (κ1) is 8.13. The van der Waals surface area contributed by atoms with Crippen molar-refractivity contribution in [3.05, 3.63) is 0 Å². The van der Waals surface area contributed by atoms with E-state index in [-0.39, 0.29) is 5.91 Å². The topological polar surface area (TPSA) is 20.3 Å². The third-order valence-electron chi connectivity index (χ3n) is 2.17. The van der Waals surface area contributed by atoms with Crippen molar-refractivity contribution >= 4 is 5.91 Å². The van der Waals surface area contributed by atoms with Crippen LogP contribution in [0.1, 0.15) is 20.3 Å². The highest BCUT2D eigenvalue weighted by Gasteiger charge is 2.28. The average molecular weight is 151 g/mol. The minimum absolute atomic E-state index is 0.165. The molecule has 0 aromatic rings. The predicted molar refractivity (Wildman–Crippen MR) is 43.8 cm³/mol. The molecule has 2 heteroatoms. The van der Waals surface area contributed by atoms with Crippen LogP contribution in [0.2, 0.25) is 0 Å². The zero-order chi connectivity index (χ0) is 8.43. The van der Waals surface area contributed by atoms with Crippen LogP contribution in [0.4, 0.5) is 0 Å². The number of hydrogen-bond acceptors (Lipinski definition) is 1. The van der Waals surface area contributed by atoms with Crippen molar-refractivity contribution in [2.24, 2.45) is 5.92 Å². The highest BCUT2D eigenvalue weighted by Crippen LogP contribution is 2.21. The molecule has 0 bridgehead atoms. The SMILES string of the molecule is C#CC(=O)N1CC(C)CC1C. The van der Waals surface area contributed by atoms with Gasteiger partial charge in [-0.25, -0.2) is 0 Å². The van der Waals surface area contributed by atoms with Gasteiger partial charge in [-0.15, -0.1) is 6.42 Å². The normalized spacial score (nSPS) is 30.1. The molecule has 1 saturated heterocycles. The first-order chi connectivity index (χ1) is 5.15. The maximum absolute atomic E-state index is 11.1. The summed E-state index contributed by atoms with van der Waals surface area (Å²) in [6.45, 7) is 5.00. The minimum Gasteiger partial charge on any atom is -0.329 e. The summed E-state index contributed by atoms with van der Waals surface area (Å²) in [4.78, 5) is 12.8. The minimum atomic E-state index is -0.165. The molecule has 0 radical (unpaired) electrons. The monoisotopic (exact) mass is 151 g/mol. The maximum Gasteiger partial charge on any atom is 0.298 e. The third kappa shape index (κ3) is 1.54. The second-order valence-electron chi connectivity index (χ2n) is 3.29. The fourth-order valence-electron chi connectivity index (χ4n) is 1.67. The lowest BCUT2D eigenvalue weighted by molar-refractivity contribution is -0.125. The number of terminal acetylenes is 1. The predicted octanol–water partition coefficient (Wildman–Crippen LogP) is 0.876. The van der Waals surface area contributed by atoms with Crippen LogP contribution in [0.5, 0.6) is 0 Å². The van der Waals surface area contributed by atoms with Crippen molar-refractivity contribution < 1.29 is 4.79 Å². The highest BCUT2D eigenvalue weighted by atomic mass is 16.2. The lowest BCUT2D eigenvalue weighted by atomic mass is 10.1. The van der Waals surface area contributed by atoms with Gasteiger partial charge in [0.1, 0.15) is 0 Å². The van der Waals surface area contributed by atoms with Gasteiger partial charge in [-0.3, -0.25) is 4.79 Å². The van der Waals surface area contributed by atoms with E-state index in [1.165, 1.54) is 0 Å². The average Bonchev–Trinajstić information content (AvgIpc) is 2.28. The molecule has 1 aliphatic rings. The molecule has 60 valence electrons. The Bertz CT molecular complexity index is 204. The van der Waals surface area contributed by atoms with Crippen LogP contribution < -0.4 is 0 Å². The second kappa shape index (κ2) is 2.96. The standard InChI is InChI=1S/C9H13NO/c1-4-9(11)10-6-7(2)5-8(10)3/h1,7-8H,5-6H2,2-3H3. The number of carbonyl (C=O) groups excluding carboxylic acids is 1. The molecule has 11 heavy (non-hydrogen) atoms. The summed E-state index contributed by atoms with van der Waals surface area (Å²) in [6, 6.07) is 0.327. The van der Waals surface area contributed by atoms with E-state index in [1.54, 1.807) is 4.90 Å². The second-order valence-corrected chi connectivity index (χ2v) is 3.29. The number of amides is 1. The van der Waals surface area contributed by atoms with E-state index in [4.69, 9.17) is 6.42 Å². The van der Waals surface area contributed by atoms with Crippen LogP contribution in [0, 0.1) is 18.3 Å².